The van der Waals surface area contributed by atoms with E-state index in [1.807, 2.05) is 13.0 Å². The van der Waals surface area contributed by atoms with Gasteiger partial charge in [-0.05, 0) is 36.2 Å². The molecule has 0 spiro atoms. The number of aromatic amines is 1. The van der Waals surface area contributed by atoms with Crippen molar-refractivity contribution in [2.75, 3.05) is 24.8 Å². The number of aromatic nitrogens is 3. The van der Waals surface area contributed by atoms with Crippen molar-refractivity contribution < 1.29 is 13.2 Å². The number of methoxy groups -OCH3 is 1. The summed E-state index contributed by atoms with van der Waals surface area (Å²) < 4.78 is 28.9. The smallest absolute Gasteiger partial charge is 0.192 e. The molecule has 0 fully saturated rings. The van der Waals surface area contributed by atoms with Crippen molar-refractivity contribution in [2.45, 2.75) is 24.9 Å². The first-order chi connectivity index (χ1) is 13.4. The van der Waals surface area contributed by atoms with E-state index < -0.39 is 9.84 Å². The number of anilines is 1. The van der Waals surface area contributed by atoms with Crippen molar-refractivity contribution in [3.8, 4) is 17.0 Å². The van der Waals surface area contributed by atoms with Crippen LogP contribution < -0.4 is 9.64 Å². The molecule has 0 unspecified atom stereocenters. The van der Waals surface area contributed by atoms with Crippen LogP contribution in [0.25, 0.3) is 11.3 Å². The van der Waals surface area contributed by atoms with Gasteiger partial charge in [-0.1, -0.05) is 0 Å². The van der Waals surface area contributed by atoms with E-state index in [2.05, 4.69) is 25.9 Å². The topological polar surface area (TPSA) is 88.2 Å². The molecule has 4 heterocycles. The van der Waals surface area contributed by atoms with Gasteiger partial charge in [0.1, 0.15) is 5.75 Å². The van der Waals surface area contributed by atoms with Crippen molar-refractivity contribution in [1.82, 2.24) is 15.0 Å². The van der Waals surface area contributed by atoms with Crippen LogP contribution in [-0.2, 0) is 22.8 Å². The lowest BCUT2D eigenvalue weighted by molar-refractivity contribution is 0.416. The summed E-state index contributed by atoms with van der Waals surface area (Å²) in [4.78, 5) is 14.1. The molecule has 8 heteroatoms. The third-order valence-corrected chi connectivity index (χ3v) is 6.04. The normalized spacial score (nSPS) is 14.0. The molecule has 0 radical (unpaired) electrons. The van der Waals surface area contributed by atoms with Crippen LogP contribution in [0.2, 0.25) is 0 Å². The summed E-state index contributed by atoms with van der Waals surface area (Å²) in [5.41, 5.74) is 6.19. The predicted molar refractivity (Wildman–Crippen MR) is 107 cm³/mol. The Balaban J connectivity index is 1.63. The number of hydrogen-bond acceptors (Lipinski definition) is 6. The highest BCUT2D eigenvalue weighted by Crippen LogP contribution is 2.33. The highest BCUT2D eigenvalue weighted by atomic mass is 32.2. The predicted octanol–water partition coefficient (Wildman–Crippen LogP) is 2.75. The molecule has 4 rings (SSSR count). The Kier molecular flexibility index (Phi) is 4.58. The molecule has 0 saturated heterocycles. The van der Waals surface area contributed by atoms with Gasteiger partial charge < -0.3 is 14.6 Å². The summed E-state index contributed by atoms with van der Waals surface area (Å²) in [6.45, 7) is 3.48. The molecular weight excluding hydrogens is 376 g/mol. The number of nitrogens with zero attached hydrogens (tertiary/aromatic N) is 3. The van der Waals surface area contributed by atoms with Gasteiger partial charge in [-0.25, -0.2) is 13.4 Å². The first-order valence-corrected chi connectivity index (χ1v) is 10.9. The van der Waals surface area contributed by atoms with E-state index >= 15 is 0 Å². The number of H-pyrrole nitrogens is 1. The molecule has 0 amide bonds. The fourth-order valence-electron chi connectivity index (χ4n) is 3.61. The SMILES string of the molecule is COc1ccncc1-c1cc2c([nH]1)CCN(c1cnc(S(C)(=O)=O)cc1C)C2. The Morgan fingerprint density at radius 1 is 1.25 bits per heavy atom. The number of ether oxygens (including phenoxy) is 1. The molecule has 146 valence electrons. The molecule has 28 heavy (non-hydrogen) atoms. The number of pyridine rings is 2. The van der Waals surface area contributed by atoms with Gasteiger partial charge in [0.15, 0.2) is 14.9 Å². The Hall–Kier alpha value is -2.87. The maximum Gasteiger partial charge on any atom is 0.192 e. The van der Waals surface area contributed by atoms with E-state index in [4.69, 9.17) is 4.74 Å². The molecule has 1 aliphatic heterocycles. The molecular formula is C20H22N4O3S. The van der Waals surface area contributed by atoms with Crippen LogP contribution >= 0.6 is 0 Å². The van der Waals surface area contributed by atoms with Gasteiger partial charge >= 0.3 is 0 Å². The van der Waals surface area contributed by atoms with Gasteiger partial charge in [-0.2, -0.15) is 0 Å². The van der Waals surface area contributed by atoms with Crippen LogP contribution in [0.15, 0.2) is 41.8 Å². The number of rotatable bonds is 4. The van der Waals surface area contributed by atoms with E-state index in [0.29, 0.717) is 0 Å². The summed E-state index contributed by atoms with van der Waals surface area (Å²) in [5.74, 6) is 0.780. The Bertz CT molecular complexity index is 1140. The summed E-state index contributed by atoms with van der Waals surface area (Å²) in [5, 5.41) is 0.110. The van der Waals surface area contributed by atoms with Gasteiger partial charge in [0.05, 0.1) is 30.3 Å². The molecule has 7 nitrogen and oxygen atoms in total. The quantitative estimate of drug-likeness (QED) is 0.727. The van der Waals surface area contributed by atoms with E-state index in [-0.39, 0.29) is 5.03 Å². The second kappa shape index (κ2) is 6.94. The molecule has 3 aromatic rings. The second-order valence-corrected chi connectivity index (χ2v) is 8.98. The third kappa shape index (κ3) is 3.35. The Labute approximate surface area is 164 Å². The van der Waals surface area contributed by atoms with Gasteiger partial charge in [-0.3, -0.25) is 4.98 Å². The summed E-state index contributed by atoms with van der Waals surface area (Å²) in [6.07, 6.45) is 7.21. The minimum Gasteiger partial charge on any atom is -0.496 e. The maximum absolute atomic E-state index is 11.7. The lowest BCUT2D eigenvalue weighted by Gasteiger charge is -2.30. The molecule has 0 saturated carbocycles. The largest absolute Gasteiger partial charge is 0.496 e. The van der Waals surface area contributed by atoms with Crippen molar-refractivity contribution >= 4 is 15.5 Å². The van der Waals surface area contributed by atoms with Gasteiger partial charge in [-0.15, -0.1) is 0 Å². The molecule has 0 bridgehead atoms. The summed E-state index contributed by atoms with van der Waals surface area (Å²) in [6, 6.07) is 5.62. The monoisotopic (exact) mass is 398 g/mol. The van der Waals surface area contributed by atoms with Crippen molar-refractivity contribution in [2.24, 2.45) is 0 Å². The molecule has 1 N–H and O–H groups in total. The number of aryl methyl sites for hydroxylation is 1. The van der Waals surface area contributed by atoms with Gasteiger partial charge in [0.25, 0.3) is 0 Å². The van der Waals surface area contributed by atoms with E-state index in [0.717, 1.165) is 47.8 Å². The first kappa shape index (κ1) is 18.5. The third-order valence-electron chi connectivity index (χ3n) is 5.05. The van der Waals surface area contributed by atoms with Crippen LogP contribution in [0.4, 0.5) is 5.69 Å². The van der Waals surface area contributed by atoms with Crippen molar-refractivity contribution in [3.63, 3.8) is 0 Å². The molecule has 0 aromatic carbocycles. The number of sulfone groups is 1. The van der Waals surface area contributed by atoms with E-state index in [9.17, 15) is 8.42 Å². The van der Waals surface area contributed by atoms with Gasteiger partial charge in [0.2, 0.25) is 0 Å². The fraction of sp³-hybridized carbons (Fsp3) is 0.300. The first-order valence-electron chi connectivity index (χ1n) is 8.97. The zero-order chi connectivity index (χ0) is 19.9. The van der Waals surface area contributed by atoms with E-state index in [1.54, 1.807) is 31.8 Å². The molecule has 0 aliphatic carbocycles. The van der Waals surface area contributed by atoms with Crippen LogP contribution in [-0.4, -0.2) is 43.3 Å². The molecule has 1 aliphatic rings. The lowest BCUT2D eigenvalue weighted by Crippen LogP contribution is -2.30. The average molecular weight is 398 g/mol. The zero-order valence-electron chi connectivity index (χ0n) is 16.1. The van der Waals surface area contributed by atoms with Crippen LogP contribution in [0.5, 0.6) is 5.75 Å². The fourth-order valence-corrected chi connectivity index (χ4v) is 4.24. The minimum absolute atomic E-state index is 0.110. The Morgan fingerprint density at radius 2 is 2.07 bits per heavy atom. The number of hydrogen-bond donors (Lipinski definition) is 1. The highest BCUT2D eigenvalue weighted by molar-refractivity contribution is 7.90. The summed E-state index contributed by atoms with van der Waals surface area (Å²) in [7, 11) is -1.66. The average Bonchev–Trinajstić information content (AvgIpc) is 3.10. The standard InChI is InChI=1S/C20H22N4O3S/c1-13-8-20(28(3,25)26)22-11-18(13)24-7-5-16-14(12-24)9-17(23-16)15-10-21-6-4-19(15)27-2/h4,6,8-11,23H,5,7,12H2,1-3H3. The minimum atomic E-state index is -3.31. The van der Waals surface area contributed by atoms with Crippen LogP contribution in [0.1, 0.15) is 16.8 Å². The summed E-state index contributed by atoms with van der Waals surface area (Å²) >= 11 is 0. The second-order valence-electron chi connectivity index (χ2n) is 7.02. The molecule has 3 aromatic heterocycles. The Morgan fingerprint density at radius 3 is 2.79 bits per heavy atom. The number of nitrogens with one attached hydrogen (secondary N) is 1. The zero-order valence-corrected chi connectivity index (χ0v) is 16.9. The van der Waals surface area contributed by atoms with Crippen molar-refractivity contribution in [1.29, 1.82) is 0 Å². The highest BCUT2D eigenvalue weighted by Gasteiger charge is 2.22. The van der Waals surface area contributed by atoms with E-state index in [1.165, 1.54) is 17.5 Å². The van der Waals surface area contributed by atoms with Gasteiger partial charge in [0, 0.05) is 43.9 Å². The van der Waals surface area contributed by atoms with Crippen LogP contribution in [0.3, 0.4) is 0 Å². The molecule has 0 atom stereocenters. The van der Waals surface area contributed by atoms with Crippen LogP contribution in [0, 0.1) is 6.92 Å². The lowest BCUT2D eigenvalue weighted by atomic mass is 10.1. The van der Waals surface area contributed by atoms with Crippen molar-refractivity contribution in [3.05, 3.63) is 53.6 Å². The maximum atomic E-state index is 11.7. The number of fused-ring (bicyclic) bond motifs is 1.